The van der Waals surface area contributed by atoms with Gasteiger partial charge in [0.05, 0.1) is 23.4 Å². The molecule has 1 heterocycles. The normalized spacial score (nSPS) is 14.0. The first-order chi connectivity index (χ1) is 9.15. The molecule has 2 aromatic carbocycles. The van der Waals surface area contributed by atoms with E-state index in [0.717, 1.165) is 11.1 Å². The van der Waals surface area contributed by atoms with Crippen molar-refractivity contribution < 1.29 is 9.18 Å². The Morgan fingerprint density at radius 3 is 2.58 bits per heavy atom. The molecule has 0 atom stereocenters. The lowest BCUT2D eigenvalue weighted by Gasteiger charge is -2.15. The average Bonchev–Trinajstić information content (AvgIpc) is 2.39. The molecule has 19 heavy (non-hydrogen) atoms. The Hall–Kier alpha value is -2.29. The summed E-state index contributed by atoms with van der Waals surface area (Å²) < 4.78 is 13.6. The van der Waals surface area contributed by atoms with Crippen LogP contribution in [0.1, 0.15) is 27.9 Å². The lowest BCUT2D eigenvalue weighted by molar-refractivity contribution is 0.0996. The van der Waals surface area contributed by atoms with Gasteiger partial charge in [-0.1, -0.05) is 35.9 Å². The van der Waals surface area contributed by atoms with Gasteiger partial charge in [-0.15, -0.1) is 0 Å². The van der Waals surface area contributed by atoms with E-state index in [9.17, 15) is 9.18 Å². The first-order valence-corrected chi connectivity index (χ1v) is 6.11. The largest absolute Gasteiger partial charge is 0.294 e. The van der Waals surface area contributed by atoms with Crippen molar-refractivity contribution in [2.45, 2.75) is 13.3 Å². The molecule has 0 N–H and O–H groups in total. The lowest BCUT2D eigenvalue weighted by atomic mass is 9.95. The van der Waals surface area contributed by atoms with Gasteiger partial charge >= 0.3 is 0 Å². The molecule has 0 spiro atoms. The van der Waals surface area contributed by atoms with Gasteiger partial charge in [0.15, 0.2) is 5.78 Å². The molecule has 0 bridgehead atoms. The Bertz CT molecular complexity index is 686. The molecule has 1 aliphatic heterocycles. The molecule has 2 aromatic rings. The van der Waals surface area contributed by atoms with Gasteiger partial charge in [-0.3, -0.25) is 9.79 Å². The Labute approximate surface area is 110 Å². The zero-order valence-electron chi connectivity index (χ0n) is 10.5. The van der Waals surface area contributed by atoms with Gasteiger partial charge in [0, 0.05) is 0 Å². The quantitative estimate of drug-likeness (QED) is 0.759. The minimum atomic E-state index is -0.491. The summed E-state index contributed by atoms with van der Waals surface area (Å²) in [6.45, 7) is 2.00. The zero-order chi connectivity index (χ0) is 13.4. The van der Waals surface area contributed by atoms with Crippen LogP contribution in [-0.4, -0.2) is 11.5 Å². The van der Waals surface area contributed by atoms with Crippen LogP contribution in [0, 0.1) is 12.7 Å². The predicted octanol–water partition coefficient (Wildman–Crippen LogP) is 3.84. The van der Waals surface area contributed by atoms with Crippen LogP contribution >= 0.6 is 0 Å². The number of halogens is 1. The van der Waals surface area contributed by atoms with E-state index in [1.807, 2.05) is 31.2 Å². The first-order valence-electron chi connectivity index (χ1n) is 6.11. The smallest absolute Gasteiger partial charge is 0.173 e. The lowest BCUT2D eigenvalue weighted by Crippen LogP contribution is -2.15. The average molecular weight is 253 g/mol. The highest BCUT2D eigenvalue weighted by molar-refractivity contribution is 6.20. The van der Waals surface area contributed by atoms with Gasteiger partial charge in [-0.05, 0) is 24.6 Å². The molecule has 0 amide bonds. The molecule has 94 valence electrons. The highest BCUT2D eigenvalue weighted by atomic mass is 19.1. The van der Waals surface area contributed by atoms with E-state index in [1.165, 1.54) is 6.07 Å². The Morgan fingerprint density at radius 2 is 1.84 bits per heavy atom. The van der Waals surface area contributed by atoms with Crippen molar-refractivity contribution in [2.75, 3.05) is 0 Å². The molecule has 2 nitrogen and oxygen atoms in total. The van der Waals surface area contributed by atoms with Crippen LogP contribution in [0.15, 0.2) is 47.5 Å². The summed E-state index contributed by atoms with van der Waals surface area (Å²) in [6.07, 6.45) is 0.150. The highest BCUT2D eigenvalue weighted by Gasteiger charge is 2.23. The molecule has 3 rings (SSSR count). The molecule has 0 saturated carbocycles. The molecule has 0 saturated heterocycles. The molecule has 0 radical (unpaired) electrons. The van der Waals surface area contributed by atoms with Crippen LogP contribution in [0.5, 0.6) is 0 Å². The summed E-state index contributed by atoms with van der Waals surface area (Å²) in [5.41, 5.74) is 3.29. The van der Waals surface area contributed by atoms with E-state index in [0.29, 0.717) is 11.4 Å². The maximum atomic E-state index is 13.6. The standard InChI is InChI=1S/C16H12FNO/c1-10-5-7-11(8-6-10)14-9-15(19)16-12(17)3-2-4-13(16)18-14/h2-8H,9H2,1H3. The van der Waals surface area contributed by atoms with Crippen LogP contribution in [0.4, 0.5) is 10.1 Å². The number of hydrogen-bond acceptors (Lipinski definition) is 2. The van der Waals surface area contributed by atoms with Crippen LogP contribution in [-0.2, 0) is 0 Å². The third-order valence-corrected chi connectivity index (χ3v) is 3.24. The van der Waals surface area contributed by atoms with Gasteiger partial charge < -0.3 is 0 Å². The minimum absolute atomic E-state index is 0.110. The van der Waals surface area contributed by atoms with Crippen molar-refractivity contribution >= 4 is 17.2 Å². The molecular weight excluding hydrogens is 241 g/mol. The summed E-state index contributed by atoms with van der Waals surface area (Å²) in [5, 5.41) is 0. The van der Waals surface area contributed by atoms with Gasteiger partial charge in [0.1, 0.15) is 5.82 Å². The number of benzene rings is 2. The van der Waals surface area contributed by atoms with E-state index in [2.05, 4.69) is 4.99 Å². The molecule has 0 unspecified atom stereocenters. The number of hydrogen-bond donors (Lipinski definition) is 0. The van der Waals surface area contributed by atoms with Gasteiger partial charge in [-0.2, -0.15) is 0 Å². The van der Waals surface area contributed by atoms with Crippen molar-refractivity contribution in [1.82, 2.24) is 0 Å². The second-order valence-electron chi connectivity index (χ2n) is 4.66. The predicted molar refractivity (Wildman–Crippen MR) is 72.7 cm³/mol. The monoisotopic (exact) mass is 253 g/mol. The summed E-state index contributed by atoms with van der Waals surface area (Å²) in [6, 6.07) is 12.4. The number of aliphatic imine (C=N–C) groups is 1. The molecule has 3 heteroatoms. The SMILES string of the molecule is Cc1ccc(C2=Nc3cccc(F)c3C(=O)C2)cc1. The van der Waals surface area contributed by atoms with Crippen molar-refractivity contribution in [3.8, 4) is 0 Å². The van der Waals surface area contributed by atoms with Crippen molar-refractivity contribution in [3.05, 3.63) is 65.0 Å². The van der Waals surface area contributed by atoms with Crippen LogP contribution in [0.25, 0.3) is 0 Å². The van der Waals surface area contributed by atoms with Crippen LogP contribution in [0.3, 0.4) is 0 Å². The second kappa shape index (κ2) is 4.43. The first kappa shape index (κ1) is 11.8. The summed E-state index contributed by atoms with van der Waals surface area (Å²) in [4.78, 5) is 16.4. The third-order valence-electron chi connectivity index (χ3n) is 3.24. The van der Waals surface area contributed by atoms with Crippen molar-refractivity contribution in [2.24, 2.45) is 4.99 Å². The fraction of sp³-hybridized carbons (Fsp3) is 0.125. The summed E-state index contributed by atoms with van der Waals surface area (Å²) >= 11 is 0. The number of rotatable bonds is 1. The molecular formula is C16H12FNO. The van der Waals surface area contributed by atoms with Crippen LogP contribution < -0.4 is 0 Å². The van der Waals surface area contributed by atoms with E-state index >= 15 is 0 Å². The number of aryl methyl sites for hydroxylation is 1. The second-order valence-corrected chi connectivity index (χ2v) is 4.66. The molecule has 0 fully saturated rings. The van der Waals surface area contributed by atoms with Crippen LogP contribution in [0.2, 0.25) is 0 Å². The van der Waals surface area contributed by atoms with E-state index in [4.69, 9.17) is 0 Å². The van der Waals surface area contributed by atoms with Crippen molar-refractivity contribution in [1.29, 1.82) is 0 Å². The zero-order valence-corrected chi connectivity index (χ0v) is 10.5. The van der Waals surface area contributed by atoms with E-state index in [-0.39, 0.29) is 17.8 Å². The summed E-state index contributed by atoms with van der Waals surface area (Å²) in [5.74, 6) is -0.701. The number of ketones is 1. The third kappa shape index (κ3) is 2.08. The fourth-order valence-electron chi connectivity index (χ4n) is 2.22. The Morgan fingerprint density at radius 1 is 1.11 bits per heavy atom. The number of carbonyl (C=O) groups excluding carboxylic acids is 1. The Balaban J connectivity index is 2.11. The number of fused-ring (bicyclic) bond motifs is 1. The molecule has 1 aliphatic rings. The maximum Gasteiger partial charge on any atom is 0.173 e. The van der Waals surface area contributed by atoms with E-state index < -0.39 is 5.82 Å². The fourth-order valence-corrected chi connectivity index (χ4v) is 2.22. The molecule has 0 aliphatic carbocycles. The van der Waals surface area contributed by atoms with Crippen molar-refractivity contribution in [3.63, 3.8) is 0 Å². The minimum Gasteiger partial charge on any atom is -0.294 e. The van der Waals surface area contributed by atoms with Gasteiger partial charge in [0.25, 0.3) is 0 Å². The topological polar surface area (TPSA) is 29.4 Å². The number of Topliss-reactive ketones (excluding diaryl/α,β-unsaturated/α-hetero) is 1. The molecule has 0 aromatic heterocycles. The van der Waals surface area contributed by atoms with Gasteiger partial charge in [-0.25, -0.2) is 4.39 Å². The Kier molecular flexibility index (Phi) is 2.75. The summed E-state index contributed by atoms with van der Waals surface area (Å²) in [7, 11) is 0. The maximum absolute atomic E-state index is 13.6. The highest BCUT2D eigenvalue weighted by Crippen LogP contribution is 2.29. The number of nitrogens with zero attached hydrogens (tertiary/aromatic N) is 1. The van der Waals surface area contributed by atoms with E-state index in [1.54, 1.807) is 12.1 Å². The number of carbonyl (C=O) groups is 1. The van der Waals surface area contributed by atoms with Gasteiger partial charge in [0.2, 0.25) is 0 Å².